The van der Waals surface area contributed by atoms with Crippen molar-refractivity contribution in [3.05, 3.63) is 114 Å². The van der Waals surface area contributed by atoms with Crippen LogP contribution in [0.15, 0.2) is 108 Å². The zero-order valence-corrected chi connectivity index (χ0v) is 24.2. The Kier molecular flexibility index (Phi) is 5.48. The van der Waals surface area contributed by atoms with E-state index in [1.165, 1.54) is 38.4 Å². The van der Waals surface area contributed by atoms with E-state index in [1.54, 1.807) is 6.20 Å². The van der Waals surface area contributed by atoms with Crippen molar-refractivity contribution in [3.63, 3.8) is 0 Å². The van der Waals surface area contributed by atoms with Crippen LogP contribution in [0.2, 0.25) is 0 Å². The van der Waals surface area contributed by atoms with Crippen molar-refractivity contribution >= 4 is 54.6 Å². The van der Waals surface area contributed by atoms with Gasteiger partial charge in [-0.1, -0.05) is 94.4 Å². The molecule has 0 amide bonds. The Labute approximate surface area is 244 Å². The van der Waals surface area contributed by atoms with Crippen molar-refractivity contribution in [1.29, 1.82) is 0 Å². The standard InChI is InChI=1S/C38H31N3O/c1-22(2)24-19-20-30(36-34(24)29-16-11-21-39-38(29)42-36)37-40-31-17-9-10-18-32(31)41(37)35-28-15-8-6-13-26(28)25-12-5-7-14-27(25)33(35)23(3)4/h5-23H,1-4H3. The van der Waals surface area contributed by atoms with Gasteiger partial charge in [0, 0.05) is 22.4 Å². The van der Waals surface area contributed by atoms with Gasteiger partial charge in [-0.3, -0.25) is 4.57 Å². The zero-order valence-electron chi connectivity index (χ0n) is 24.2. The summed E-state index contributed by atoms with van der Waals surface area (Å²) in [6, 6.07) is 34.6. The molecule has 0 bridgehead atoms. The molecule has 4 nitrogen and oxygen atoms in total. The number of benzene rings is 5. The smallest absolute Gasteiger partial charge is 0.227 e. The number of nitrogens with zero attached hydrogens (tertiary/aromatic N) is 3. The Bertz CT molecular complexity index is 2320. The highest BCUT2D eigenvalue weighted by Gasteiger charge is 2.26. The van der Waals surface area contributed by atoms with Gasteiger partial charge in [0.05, 0.1) is 22.3 Å². The van der Waals surface area contributed by atoms with Crippen molar-refractivity contribution in [2.75, 3.05) is 0 Å². The first-order chi connectivity index (χ1) is 20.5. The zero-order chi connectivity index (χ0) is 28.5. The monoisotopic (exact) mass is 545 g/mol. The molecule has 0 spiro atoms. The summed E-state index contributed by atoms with van der Waals surface area (Å²) in [5, 5.41) is 7.17. The number of para-hydroxylation sites is 2. The van der Waals surface area contributed by atoms with Crippen LogP contribution in [0.5, 0.6) is 0 Å². The number of fused-ring (bicyclic) bond motifs is 7. The lowest BCUT2D eigenvalue weighted by atomic mass is 9.89. The number of pyridine rings is 1. The van der Waals surface area contributed by atoms with E-state index >= 15 is 0 Å². The van der Waals surface area contributed by atoms with E-state index < -0.39 is 0 Å². The molecule has 0 saturated carbocycles. The van der Waals surface area contributed by atoms with Gasteiger partial charge in [0.1, 0.15) is 11.4 Å². The fourth-order valence-electron chi connectivity index (χ4n) is 6.81. The molecule has 3 aromatic heterocycles. The van der Waals surface area contributed by atoms with Crippen molar-refractivity contribution in [3.8, 4) is 17.1 Å². The normalized spacial score (nSPS) is 12.2. The Hall–Kier alpha value is -4.96. The molecule has 0 radical (unpaired) electrons. The summed E-state index contributed by atoms with van der Waals surface area (Å²) in [7, 11) is 0. The van der Waals surface area contributed by atoms with Crippen molar-refractivity contribution in [2.45, 2.75) is 39.5 Å². The van der Waals surface area contributed by atoms with Crippen LogP contribution < -0.4 is 0 Å². The fraction of sp³-hybridized carbons (Fsp3) is 0.158. The Morgan fingerprint density at radius 2 is 1.31 bits per heavy atom. The highest BCUT2D eigenvalue weighted by Crippen LogP contribution is 2.45. The van der Waals surface area contributed by atoms with E-state index in [9.17, 15) is 0 Å². The molecule has 4 heteroatoms. The summed E-state index contributed by atoms with van der Waals surface area (Å²) in [5.41, 5.74) is 8.23. The minimum Gasteiger partial charge on any atom is -0.437 e. The van der Waals surface area contributed by atoms with Crippen LogP contribution in [0.4, 0.5) is 0 Å². The van der Waals surface area contributed by atoms with Gasteiger partial charge >= 0.3 is 0 Å². The van der Waals surface area contributed by atoms with Crippen LogP contribution in [-0.2, 0) is 0 Å². The average molecular weight is 546 g/mol. The molecule has 0 aliphatic carbocycles. The summed E-state index contributed by atoms with van der Waals surface area (Å²) >= 11 is 0. The number of hydrogen-bond acceptors (Lipinski definition) is 3. The number of aromatic nitrogens is 3. The lowest BCUT2D eigenvalue weighted by Gasteiger charge is -2.22. The topological polar surface area (TPSA) is 43.9 Å². The summed E-state index contributed by atoms with van der Waals surface area (Å²) in [6.45, 7) is 9.04. The fourth-order valence-corrected chi connectivity index (χ4v) is 6.81. The summed E-state index contributed by atoms with van der Waals surface area (Å²) in [6.07, 6.45) is 1.80. The summed E-state index contributed by atoms with van der Waals surface area (Å²) in [4.78, 5) is 9.92. The van der Waals surface area contributed by atoms with Gasteiger partial charge in [-0.25, -0.2) is 9.97 Å². The largest absolute Gasteiger partial charge is 0.437 e. The van der Waals surface area contributed by atoms with Crippen LogP contribution in [0, 0.1) is 0 Å². The predicted molar refractivity (Wildman–Crippen MR) is 175 cm³/mol. The molecule has 0 unspecified atom stereocenters. The number of rotatable bonds is 4. The lowest BCUT2D eigenvalue weighted by Crippen LogP contribution is -2.06. The van der Waals surface area contributed by atoms with E-state index in [-0.39, 0.29) is 5.92 Å². The van der Waals surface area contributed by atoms with Crippen LogP contribution in [-0.4, -0.2) is 14.5 Å². The second kappa shape index (κ2) is 9.28. The number of imidazole rings is 1. The van der Waals surface area contributed by atoms with E-state index in [4.69, 9.17) is 9.40 Å². The first kappa shape index (κ1) is 24.8. The highest BCUT2D eigenvalue weighted by atomic mass is 16.3. The van der Waals surface area contributed by atoms with Gasteiger partial charge in [-0.2, -0.15) is 0 Å². The van der Waals surface area contributed by atoms with E-state index in [0.29, 0.717) is 11.6 Å². The van der Waals surface area contributed by atoms with Gasteiger partial charge < -0.3 is 4.42 Å². The van der Waals surface area contributed by atoms with Crippen LogP contribution >= 0.6 is 0 Å². The Balaban J connectivity index is 1.58. The molecular formula is C38H31N3O. The third kappa shape index (κ3) is 3.48. The predicted octanol–water partition coefficient (Wildman–Crippen LogP) is 10.5. The third-order valence-corrected chi connectivity index (χ3v) is 8.60. The molecule has 0 saturated heterocycles. The van der Waals surface area contributed by atoms with Crippen LogP contribution in [0.25, 0.3) is 71.7 Å². The van der Waals surface area contributed by atoms with E-state index in [2.05, 4.69) is 128 Å². The second-order valence-electron chi connectivity index (χ2n) is 11.8. The maximum atomic E-state index is 6.59. The molecule has 0 N–H and O–H groups in total. The SMILES string of the molecule is CC(C)c1c(-n2c(-c3ccc(C(C)C)c4c3oc3ncccc34)nc3ccccc32)c2ccccc2c2ccccc12. The van der Waals surface area contributed by atoms with Gasteiger partial charge in [0.25, 0.3) is 0 Å². The van der Waals surface area contributed by atoms with Crippen molar-refractivity contribution in [1.82, 2.24) is 14.5 Å². The van der Waals surface area contributed by atoms with Crippen molar-refractivity contribution < 1.29 is 4.42 Å². The minimum absolute atomic E-state index is 0.280. The van der Waals surface area contributed by atoms with Gasteiger partial charge in [-0.15, -0.1) is 0 Å². The molecule has 0 atom stereocenters. The van der Waals surface area contributed by atoms with Gasteiger partial charge in [0.15, 0.2) is 0 Å². The maximum Gasteiger partial charge on any atom is 0.227 e. The Morgan fingerprint density at radius 3 is 2.07 bits per heavy atom. The maximum absolute atomic E-state index is 6.59. The van der Waals surface area contributed by atoms with E-state index in [1.807, 2.05) is 6.07 Å². The van der Waals surface area contributed by atoms with Crippen LogP contribution in [0.3, 0.4) is 0 Å². The van der Waals surface area contributed by atoms with Gasteiger partial charge in [0.2, 0.25) is 5.71 Å². The molecular weight excluding hydrogens is 514 g/mol. The molecule has 0 aliphatic rings. The molecule has 0 fully saturated rings. The third-order valence-electron chi connectivity index (χ3n) is 8.60. The Morgan fingerprint density at radius 1 is 0.643 bits per heavy atom. The minimum atomic E-state index is 0.280. The molecule has 5 aromatic carbocycles. The summed E-state index contributed by atoms with van der Waals surface area (Å²) < 4.78 is 8.97. The molecule has 204 valence electrons. The molecule has 42 heavy (non-hydrogen) atoms. The average Bonchev–Trinajstić information content (AvgIpc) is 3.59. The first-order valence-electron chi connectivity index (χ1n) is 14.7. The molecule has 0 aliphatic heterocycles. The van der Waals surface area contributed by atoms with Crippen molar-refractivity contribution in [2.24, 2.45) is 0 Å². The molecule has 8 rings (SSSR count). The van der Waals surface area contributed by atoms with E-state index in [0.717, 1.165) is 38.8 Å². The first-order valence-corrected chi connectivity index (χ1v) is 14.7. The number of hydrogen-bond donors (Lipinski definition) is 0. The molecule has 3 heterocycles. The molecule has 8 aromatic rings. The number of furan rings is 1. The van der Waals surface area contributed by atoms with Gasteiger partial charge in [-0.05, 0) is 69.5 Å². The highest BCUT2D eigenvalue weighted by molar-refractivity contribution is 6.15. The van der Waals surface area contributed by atoms with Crippen LogP contribution in [0.1, 0.15) is 50.7 Å². The quantitative estimate of drug-likeness (QED) is 0.207. The lowest BCUT2D eigenvalue weighted by molar-refractivity contribution is 0.654. The second-order valence-corrected chi connectivity index (χ2v) is 11.8. The summed E-state index contributed by atoms with van der Waals surface area (Å²) in [5.74, 6) is 1.48.